The van der Waals surface area contributed by atoms with Crippen LogP contribution in [-0.2, 0) is 0 Å². The second kappa shape index (κ2) is 11.7. The summed E-state index contributed by atoms with van der Waals surface area (Å²) < 4.78 is 6.32. The maximum atomic E-state index is 6.32. The van der Waals surface area contributed by atoms with E-state index in [4.69, 9.17) is 14.4 Å². The predicted molar refractivity (Wildman–Crippen MR) is 221 cm³/mol. The van der Waals surface area contributed by atoms with Crippen molar-refractivity contribution in [2.45, 2.75) is 0 Å². The molecule has 0 spiro atoms. The van der Waals surface area contributed by atoms with E-state index in [2.05, 4.69) is 170 Å². The van der Waals surface area contributed by atoms with Crippen LogP contribution >= 0.6 is 0 Å². The standard InChI is InChI=1S/C50H30N2O/c1-2-9-38-37(8-1)30-44(41-11-4-3-10-40(38)41)32-18-22-34(23-19-32)46-29-27-36-25-24-35-26-28-45(51-48(35)49(36)52-46)33-20-16-31(17-21-33)39-13-7-14-43-42-12-5-6-15-47(42)53-50(39)43/h1-30H. The van der Waals surface area contributed by atoms with Gasteiger partial charge in [-0.1, -0.05) is 158 Å². The minimum atomic E-state index is 0.900. The molecular formula is C50H30N2O. The molecule has 0 saturated heterocycles. The predicted octanol–water partition coefficient (Wildman–Crippen LogP) is 13.7. The van der Waals surface area contributed by atoms with E-state index in [9.17, 15) is 0 Å². The van der Waals surface area contributed by atoms with Gasteiger partial charge in [0.25, 0.3) is 0 Å². The molecular weight excluding hydrogens is 645 g/mol. The van der Waals surface area contributed by atoms with E-state index < -0.39 is 0 Å². The van der Waals surface area contributed by atoms with Gasteiger partial charge >= 0.3 is 0 Å². The summed E-state index contributed by atoms with van der Waals surface area (Å²) in [6.07, 6.45) is 0. The molecule has 0 aliphatic rings. The van der Waals surface area contributed by atoms with Crippen molar-refractivity contribution >= 4 is 65.3 Å². The molecule has 3 nitrogen and oxygen atoms in total. The van der Waals surface area contributed by atoms with Crippen LogP contribution in [0.5, 0.6) is 0 Å². The van der Waals surface area contributed by atoms with E-state index in [1.807, 2.05) is 12.1 Å². The van der Waals surface area contributed by atoms with Gasteiger partial charge < -0.3 is 4.42 Å². The lowest BCUT2D eigenvalue weighted by Crippen LogP contribution is -1.91. The van der Waals surface area contributed by atoms with Gasteiger partial charge in [0.1, 0.15) is 11.2 Å². The summed E-state index contributed by atoms with van der Waals surface area (Å²) in [6, 6.07) is 64.4. The quantitative estimate of drug-likeness (QED) is 0.174. The zero-order valence-corrected chi connectivity index (χ0v) is 28.6. The summed E-state index contributed by atoms with van der Waals surface area (Å²) >= 11 is 0. The number of fused-ring (bicyclic) bond motifs is 9. The Morgan fingerprint density at radius 2 is 0.830 bits per heavy atom. The summed E-state index contributed by atoms with van der Waals surface area (Å²) in [5, 5.41) is 9.46. The number of hydrogen-bond donors (Lipinski definition) is 0. The molecule has 11 aromatic rings. The zero-order valence-electron chi connectivity index (χ0n) is 28.6. The summed E-state index contributed by atoms with van der Waals surface area (Å²) in [4.78, 5) is 10.4. The smallest absolute Gasteiger partial charge is 0.143 e. The van der Waals surface area contributed by atoms with Gasteiger partial charge in [-0.15, -0.1) is 0 Å². The van der Waals surface area contributed by atoms with Crippen LogP contribution in [0.4, 0.5) is 0 Å². The SMILES string of the molecule is c1ccc2c(c1)cc(-c1ccc(-c3ccc4ccc5ccc(-c6ccc(-c7cccc8c7oc7ccccc78)cc6)nc5c4n3)cc1)c1ccccc12. The molecule has 246 valence electrons. The van der Waals surface area contributed by atoms with Crippen LogP contribution in [0.2, 0.25) is 0 Å². The minimum Gasteiger partial charge on any atom is -0.455 e. The molecule has 0 N–H and O–H groups in total. The highest BCUT2D eigenvalue weighted by atomic mass is 16.3. The van der Waals surface area contributed by atoms with Gasteiger partial charge in [0, 0.05) is 38.2 Å². The molecule has 8 aromatic carbocycles. The fourth-order valence-electron chi connectivity index (χ4n) is 8.00. The number of para-hydroxylation sites is 2. The summed E-state index contributed by atoms with van der Waals surface area (Å²) in [7, 11) is 0. The van der Waals surface area contributed by atoms with Crippen molar-refractivity contribution in [3.63, 3.8) is 0 Å². The Labute approximate surface area is 305 Å². The number of furan rings is 1. The first kappa shape index (κ1) is 29.6. The average molecular weight is 675 g/mol. The topological polar surface area (TPSA) is 38.9 Å². The molecule has 0 atom stereocenters. The number of aromatic nitrogens is 2. The Bertz CT molecular complexity index is 3210. The van der Waals surface area contributed by atoms with Crippen molar-refractivity contribution in [1.82, 2.24) is 9.97 Å². The third-order valence-corrected chi connectivity index (χ3v) is 10.7. The molecule has 53 heavy (non-hydrogen) atoms. The lowest BCUT2D eigenvalue weighted by atomic mass is 9.93. The lowest BCUT2D eigenvalue weighted by molar-refractivity contribution is 0.670. The largest absolute Gasteiger partial charge is 0.455 e. The molecule has 3 heteroatoms. The van der Waals surface area contributed by atoms with Crippen LogP contribution in [0.15, 0.2) is 186 Å². The van der Waals surface area contributed by atoms with Crippen LogP contribution in [0.3, 0.4) is 0 Å². The molecule has 3 heterocycles. The number of hydrogen-bond acceptors (Lipinski definition) is 3. The average Bonchev–Trinajstić information content (AvgIpc) is 3.62. The van der Waals surface area contributed by atoms with Gasteiger partial charge in [-0.2, -0.15) is 0 Å². The number of nitrogens with zero attached hydrogens (tertiary/aromatic N) is 2. The van der Waals surface area contributed by atoms with Crippen LogP contribution in [-0.4, -0.2) is 9.97 Å². The Morgan fingerprint density at radius 3 is 1.51 bits per heavy atom. The second-order valence-electron chi connectivity index (χ2n) is 13.7. The normalized spacial score (nSPS) is 11.8. The van der Waals surface area contributed by atoms with E-state index >= 15 is 0 Å². The third-order valence-electron chi connectivity index (χ3n) is 10.7. The zero-order chi connectivity index (χ0) is 34.9. The summed E-state index contributed by atoms with van der Waals surface area (Å²) in [5.41, 5.74) is 12.2. The van der Waals surface area contributed by atoms with Crippen molar-refractivity contribution < 1.29 is 4.42 Å². The molecule has 0 radical (unpaired) electrons. The first-order chi connectivity index (χ1) is 26.2. The lowest BCUT2D eigenvalue weighted by Gasteiger charge is -2.12. The second-order valence-corrected chi connectivity index (χ2v) is 13.7. The Morgan fingerprint density at radius 1 is 0.321 bits per heavy atom. The number of pyridine rings is 2. The molecule has 0 unspecified atom stereocenters. The highest BCUT2D eigenvalue weighted by Gasteiger charge is 2.14. The first-order valence-corrected chi connectivity index (χ1v) is 18.0. The van der Waals surface area contributed by atoms with Crippen molar-refractivity contribution in [2.24, 2.45) is 0 Å². The minimum absolute atomic E-state index is 0.900. The molecule has 0 aliphatic heterocycles. The molecule has 0 saturated carbocycles. The van der Waals surface area contributed by atoms with Crippen molar-refractivity contribution in [2.75, 3.05) is 0 Å². The van der Waals surface area contributed by atoms with Gasteiger partial charge in [-0.05, 0) is 62.5 Å². The van der Waals surface area contributed by atoms with Crippen LogP contribution in [0, 0.1) is 0 Å². The molecule has 0 fully saturated rings. The van der Waals surface area contributed by atoms with E-state index in [-0.39, 0.29) is 0 Å². The van der Waals surface area contributed by atoms with Crippen molar-refractivity contribution in [3.05, 3.63) is 182 Å². The highest BCUT2D eigenvalue weighted by Crippen LogP contribution is 2.38. The molecule has 0 bridgehead atoms. The summed E-state index contributed by atoms with van der Waals surface area (Å²) in [5.74, 6) is 0. The highest BCUT2D eigenvalue weighted by molar-refractivity contribution is 6.14. The Kier molecular flexibility index (Phi) is 6.55. The maximum absolute atomic E-state index is 6.32. The third kappa shape index (κ3) is 4.82. The van der Waals surface area contributed by atoms with E-state index in [0.29, 0.717) is 0 Å². The van der Waals surface area contributed by atoms with Crippen molar-refractivity contribution in [3.8, 4) is 44.8 Å². The fourth-order valence-corrected chi connectivity index (χ4v) is 8.00. The van der Waals surface area contributed by atoms with Gasteiger partial charge in [-0.3, -0.25) is 0 Å². The van der Waals surface area contributed by atoms with Crippen molar-refractivity contribution in [1.29, 1.82) is 0 Å². The molecule has 0 amide bonds. The van der Waals surface area contributed by atoms with Gasteiger partial charge in [0.05, 0.1) is 22.4 Å². The first-order valence-electron chi connectivity index (χ1n) is 18.0. The molecule has 3 aromatic heterocycles. The van der Waals surface area contributed by atoms with Crippen LogP contribution in [0.25, 0.3) is 110 Å². The number of benzene rings is 8. The Balaban J connectivity index is 0.953. The van der Waals surface area contributed by atoms with Gasteiger partial charge in [0.15, 0.2) is 0 Å². The molecule has 11 rings (SSSR count). The number of rotatable bonds is 4. The van der Waals surface area contributed by atoms with E-state index in [0.717, 1.165) is 77.4 Å². The fraction of sp³-hybridized carbons (Fsp3) is 0. The van der Waals surface area contributed by atoms with Gasteiger partial charge in [0.2, 0.25) is 0 Å². The Hall–Kier alpha value is -7.10. The van der Waals surface area contributed by atoms with Crippen LogP contribution in [0.1, 0.15) is 0 Å². The van der Waals surface area contributed by atoms with Crippen LogP contribution < -0.4 is 0 Å². The van der Waals surface area contributed by atoms with Gasteiger partial charge in [-0.25, -0.2) is 9.97 Å². The van der Waals surface area contributed by atoms with E-state index in [1.165, 1.54) is 32.7 Å². The molecule has 0 aliphatic carbocycles. The van der Waals surface area contributed by atoms with E-state index in [1.54, 1.807) is 0 Å². The maximum Gasteiger partial charge on any atom is 0.143 e. The summed E-state index contributed by atoms with van der Waals surface area (Å²) in [6.45, 7) is 0. The monoisotopic (exact) mass is 674 g/mol.